The highest BCUT2D eigenvalue weighted by Gasteiger charge is 2.20. The largest absolute Gasteiger partial charge is 0.497 e. The Morgan fingerprint density at radius 1 is 1.05 bits per heavy atom. The fourth-order valence-electron chi connectivity index (χ4n) is 4.23. The molecule has 0 unspecified atom stereocenters. The molecule has 37 heavy (non-hydrogen) atoms. The van der Waals surface area contributed by atoms with Crippen molar-refractivity contribution in [1.82, 2.24) is 19.7 Å². The van der Waals surface area contributed by atoms with Gasteiger partial charge in [-0.25, -0.2) is 0 Å². The van der Waals surface area contributed by atoms with Gasteiger partial charge < -0.3 is 24.5 Å². The number of H-pyrrole nitrogens is 1. The molecule has 2 N–H and O–H groups in total. The monoisotopic (exact) mass is 513 g/mol. The number of aromatic nitrogens is 4. The molecule has 10 heteroatoms. The van der Waals surface area contributed by atoms with Crippen LogP contribution in [0.25, 0.3) is 28.0 Å². The van der Waals surface area contributed by atoms with E-state index < -0.39 is 0 Å². The van der Waals surface area contributed by atoms with Crippen LogP contribution in [0.4, 0.5) is 5.69 Å². The van der Waals surface area contributed by atoms with Crippen molar-refractivity contribution in [2.45, 2.75) is 5.16 Å². The Morgan fingerprint density at radius 3 is 2.81 bits per heavy atom. The van der Waals surface area contributed by atoms with E-state index in [0.717, 1.165) is 22.2 Å². The second kappa shape index (κ2) is 9.90. The molecule has 186 valence electrons. The number of amides is 1. The number of ether oxygens (including phenoxy) is 3. The number of nitrogens with zero attached hydrogens (tertiary/aromatic N) is 3. The number of hydrogen-bond acceptors (Lipinski definition) is 7. The summed E-state index contributed by atoms with van der Waals surface area (Å²) in [6.07, 6.45) is 1.92. The molecule has 2 aromatic heterocycles. The van der Waals surface area contributed by atoms with E-state index in [-0.39, 0.29) is 11.7 Å². The normalized spacial score (nSPS) is 12.5. The number of nitrogens with one attached hydrogen (secondary N) is 2. The summed E-state index contributed by atoms with van der Waals surface area (Å²) in [4.78, 5) is 16.1. The Hall–Kier alpha value is -4.44. The first-order chi connectivity index (χ1) is 18.2. The van der Waals surface area contributed by atoms with Gasteiger partial charge in [-0.1, -0.05) is 36.0 Å². The maximum atomic E-state index is 12.8. The molecule has 3 heterocycles. The van der Waals surface area contributed by atoms with Crippen LogP contribution in [0.1, 0.15) is 0 Å². The molecule has 1 amide bonds. The Labute approximate surface area is 216 Å². The summed E-state index contributed by atoms with van der Waals surface area (Å²) in [6.45, 7) is 1.00. The SMILES string of the molecule is COc1cccc(-n2c(SCC(=O)Nc3ccc4c(c3)OCCO4)nnc2-c2c[nH]c3ccccc23)c1. The quantitative estimate of drug-likeness (QED) is 0.298. The number of aromatic amines is 1. The molecule has 0 radical (unpaired) electrons. The lowest BCUT2D eigenvalue weighted by Crippen LogP contribution is -2.17. The molecule has 0 atom stereocenters. The fraction of sp³-hybridized carbons (Fsp3) is 0.148. The predicted molar refractivity (Wildman–Crippen MR) is 142 cm³/mol. The maximum Gasteiger partial charge on any atom is 0.234 e. The lowest BCUT2D eigenvalue weighted by molar-refractivity contribution is -0.113. The van der Waals surface area contributed by atoms with Gasteiger partial charge >= 0.3 is 0 Å². The average molecular weight is 514 g/mol. The van der Waals surface area contributed by atoms with Crippen LogP contribution < -0.4 is 19.5 Å². The highest BCUT2D eigenvalue weighted by atomic mass is 32.2. The molecular weight excluding hydrogens is 490 g/mol. The second-order valence-electron chi connectivity index (χ2n) is 8.29. The third kappa shape index (κ3) is 4.58. The third-order valence-electron chi connectivity index (χ3n) is 5.93. The first-order valence-electron chi connectivity index (χ1n) is 11.7. The van der Waals surface area contributed by atoms with Gasteiger partial charge in [-0.2, -0.15) is 0 Å². The van der Waals surface area contributed by atoms with E-state index >= 15 is 0 Å². The zero-order chi connectivity index (χ0) is 25.2. The molecule has 9 nitrogen and oxygen atoms in total. The van der Waals surface area contributed by atoms with Crippen molar-refractivity contribution in [1.29, 1.82) is 0 Å². The van der Waals surface area contributed by atoms with Gasteiger partial charge in [0.15, 0.2) is 22.5 Å². The lowest BCUT2D eigenvalue weighted by atomic mass is 10.1. The van der Waals surface area contributed by atoms with Gasteiger partial charge in [0.05, 0.1) is 18.6 Å². The molecule has 3 aromatic carbocycles. The number of hydrogen-bond donors (Lipinski definition) is 2. The second-order valence-corrected chi connectivity index (χ2v) is 9.23. The van der Waals surface area contributed by atoms with E-state index in [0.29, 0.717) is 47.1 Å². The van der Waals surface area contributed by atoms with Gasteiger partial charge in [0.2, 0.25) is 5.91 Å². The first kappa shape index (κ1) is 23.0. The van der Waals surface area contributed by atoms with Crippen molar-refractivity contribution < 1.29 is 19.0 Å². The van der Waals surface area contributed by atoms with Crippen LogP contribution >= 0.6 is 11.8 Å². The maximum absolute atomic E-state index is 12.8. The van der Waals surface area contributed by atoms with E-state index in [1.165, 1.54) is 11.8 Å². The lowest BCUT2D eigenvalue weighted by Gasteiger charge is -2.19. The van der Waals surface area contributed by atoms with Crippen molar-refractivity contribution in [2.75, 3.05) is 31.4 Å². The summed E-state index contributed by atoms with van der Waals surface area (Å²) in [6, 6.07) is 21.1. The molecule has 0 saturated carbocycles. The van der Waals surface area contributed by atoms with Crippen molar-refractivity contribution >= 4 is 34.3 Å². The van der Waals surface area contributed by atoms with Gasteiger partial charge in [-0.15, -0.1) is 10.2 Å². The molecule has 0 fully saturated rings. The van der Waals surface area contributed by atoms with Gasteiger partial charge in [-0.3, -0.25) is 9.36 Å². The van der Waals surface area contributed by atoms with Gasteiger partial charge in [-0.05, 0) is 30.3 Å². The fourth-order valence-corrected chi connectivity index (χ4v) is 4.98. The van der Waals surface area contributed by atoms with E-state index in [1.54, 1.807) is 25.3 Å². The average Bonchev–Trinajstić information content (AvgIpc) is 3.56. The topological polar surface area (TPSA) is 103 Å². The van der Waals surface area contributed by atoms with E-state index in [4.69, 9.17) is 14.2 Å². The van der Waals surface area contributed by atoms with Crippen LogP contribution in [0.3, 0.4) is 0 Å². The Balaban J connectivity index is 1.29. The summed E-state index contributed by atoms with van der Waals surface area (Å²) in [5.41, 5.74) is 3.40. The van der Waals surface area contributed by atoms with Gasteiger partial charge in [0, 0.05) is 40.5 Å². The summed E-state index contributed by atoms with van der Waals surface area (Å²) in [5, 5.41) is 13.5. The number of thioether (sulfide) groups is 1. The smallest absolute Gasteiger partial charge is 0.234 e. The molecule has 0 bridgehead atoms. The number of benzene rings is 3. The summed E-state index contributed by atoms with van der Waals surface area (Å²) >= 11 is 1.31. The molecule has 0 saturated heterocycles. The molecule has 1 aliphatic heterocycles. The van der Waals surface area contributed by atoms with Crippen LogP contribution in [-0.2, 0) is 4.79 Å². The molecule has 5 aromatic rings. The molecule has 0 spiro atoms. The van der Waals surface area contributed by atoms with Gasteiger partial charge in [0.25, 0.3) is 0 Å². The number of para-hydroxylation sites is 1. The number of methoxy groups -OCH3 is 1. The predicted octanol–water partition coefficient (Wildman–Crippen LogP) is 4.93. The highest BCUT2D eigenvalue weighted by Crippen LogP contribution is 2.34. The summed E-state index contributed by atoms with van der Waals surface area (Å²) in [7, 11) is 1.63. The Kier molecular flexibility index (Phi) is 6.15. The molecule has 0 aliphatic carbocycles. The number of carbonyl (C=O) groups excluding carboxylic acids is 1. The molecule has 1 aliphatic rings. The first-order valence-corrected chi connectivity index (χ1v) is 12.7. The Morgan fingerprint density at radius 2 is 1.92 bits per heavy atom. The molecule has 6 rings (SSSR count). The highest BCUT2D eigenvalue weighted by molar-refractivity contribution is 7.99. The Bertz CT molecular complexity index is 1600. The zero-order valence-corrected chi connectivity index (χ0v) is 20.7. The summed E-state index contributed by atoms with van der Waals surface area (Å²) in [5.74, 6) is 2.65. The minimum Gasteiger partial charge on any atom is -0.497 e. The standard InChI is InChI=1S/C27H23N5O4S/c1-34-19-6-4-5-18(14-19)32-26(21-15-28-22-8-3-2-7-20(21)22)30-31-27(32)37-16-25(33)29-17-9-10-23-24(13-17)36-12-11-35-23/h2-10,13-15,28H,11-12,16H2,1H3,(H,29,33). The number of fused-ring (bicyclic) bond motifs is 2. The summed E-state index contributed by atoms with van der Waals surface area (Å²) < 4.78 is 18.6. The third-order valence-corrected chi connectivity index (χ3v) is 6.86. The van der Waals surface area contributed by atoms with E-state index in [1.807, 2.05) is 59.3 Å². The van der Waals surface area contributed by atoms with Crippen LogP contribution in [0.15, 0.2) is 78.1 Å². The van der Waals surface area contributed by atoms with Crippen LogP contribution in [0.5, 0.6) is 17.2 Å². The van der Waals surface area contributed by atoms with Crippen molar-refractivity contribution in [3.05, 3.63) is 72.9 Å². The minimum absolute atomic E-state index is 0.143. The minimum atomic E-state index is -0.171. The van der Waals surface area contributed by atoms with Gasteiger partial charge in [0.1, 0.15) is 19.0 Å². The molecular formula is C27H23N5O4S. The van der Waals surface area contributed by atoms with Crippen molar-refractivity contribution in [3.63, 3.8) is 0 Å². The number of anilines is 1. The van der Waals surface area contributed by atoms with E-state index in [2.05, 4.69) is 20.5 Å². The van der Waals surface area contributed by atoms with Crippen LogP contribution in [0.2, 0.25) is 0 Å². The van der Waals surface area contributed by atoms with Crippen LogP contribution in [-0.4, -0.2) is 51.7 Å². The number of rotatable bonds is 7. The van der Waals surface area contributed by atoms with Crippen molar-refractivity contribution in [3.8, 4) is 34.3 Å². The van der Waals surface area contributed by atoms with Crippen molar-refractivity contribution in [2.24, 2.45) is 0 Å². The zero-order valence-electron chi connectivity index (χ0n) is 19.9. The number of carbonyl (C=O) groups is 1. The van der Waals surface area contributed by atoms with E-state index in [9.17, 15) is 4.79 Å². The van der Waals surface area contributed by atoms with Crippen LogP contribution in [0, 0.1) is 0 Å².